The molecular weight excluding hydrogens is 340 g/mol. The van der Waals surface area contributed by atoms with Crippen LogP contribution < -0.4 is 15.4 Å². The first-order chi connectivity index (χ1) is 9.85. The van der Waals surface area contributed by atoms with Crippen LogP contribution in [-0.4, -0.2) is 30.3 Å². The van der Waals surface area contributed by atoms with Crippen LogP contribution in [-0.2, 0) is 11.3 Å². The molecule has 7 heteroatoms. The second-order valence-corrected chi connectivity index (χ2v) is 5.71. The Hall–Kier alpha value is -1.76. The number of halogens is 1. The fraction of sp³-hybridized carbons (Fsp3) is 0.429. The summed E-state index contributed by atoms with van der Waals surface area (Å²) in [4.78, 5) is 22.7. The molecule has 1 unspecified atom stereocenters. The smallest absolute Gasteiger partial charge is 0.326 e. The molecule has 1 atom stereocenters. The predicted molar refractivity (Wildman–Crippen MR) is 82.3 cm³/mol. The molecule has 0 bridgehead atoms. The van der Waals surface area contributed by atoms with Crippen LogP contribution in [0.2, 0.25) is 0 Å². The number of hydrogen-bond donors (Lipinski definition) is 3. The lowest BCUT2D eigenvalue weighted by molar-refractivity contribution is -0.140. The number of hydrogen-bond acceptors (Lipinski definition) is 3. The van der Waals surface area contributed by atoms with Crippen LogP contribution in [0.15, 0.2) is 22.7 Å². The van der Waals surface area contributed by atoms with E-state index in [1.807, 2.05) is 12.1 Å². The van der Waals surface area contributed by atoms with Crippen LogP contribution in [0.4, 0.5) is 4.79 Å². The molecule has 0 aromatic heterocycles. The highest BCUT2D eigenvalue weighted by Gasteiger charge is 2.23. The van der Waals surface area contributed by atoms with E-state index in [9.17, 15) is 9.59 Å². The Morgan fingerprint density at radius 3 is 2.52 bits per heavy atom. The molecule has 0 fully saturated rings. The minimum Gasteiger partial charge on any atom is -0.496 e. The van der Waals surface area contributed by atoms with Crippen LogP contribution in [0.25, 0.3) is 0 Å². The zero-order valence-electron chi connectivity index (χ0n) is 12.1. The standard InChI is InChI=1S/C14H19BrN2O4/c1-8(2)12(13(18)19)17-14(20)16-7-9-4-5-11(21-3)10(15)6-9/h4-6,8,12H,7H2,1-3H3,(H,18,19)(H2,16,17,20). The van der Waals surface area contributed by atoms with Gasteiger partial charge in [-0.15, -0.1) is 0 Å². The predicted octanol–water partition coefficient (Wildman–Crippen LogP) is 2.37. The van der Waals surface area contributed by atoms with Crippen LogP contribution in [0, 0.1) is 5.92 Å². The molecule has 0 heterocycles. The molecule has 2 amide bonds. The number of urea groups is 1. The maximum atomic E-state index is 11.7. The van der Waals surface area contributed by atoms with Crippen molar-refractivity contribution >= 4 is 27.9 Å². The summed E-state index contributed by atoms with van der Waals surface area (Å²) in [5, 5.41) is 14.1. The molecule has 0 saturated heterocycles. The van der Waals surface area contributed by atoms with Crippen LogP contribution in [0.3, 0.4) is 0 Å². The summed E-state index contributed by atoms with van der Waals surface area (Å²) in [5.41, 5.74) is 0.870. The van der Waals surface area contributed by atoms with Gasteiger partial charge in [-0.1, -0.05) is 19.9 Å². The number of nitrogens with one attached hydrogen (secondary N) is 2. The van der Waals surface area contributed by atoms with E-state index in [0.29, 0.717) is 12.3 Å². The van der Waals surface area contributed by atoms with Crippen molar-refractivity contribution < 1.29 is 19.4 Å². The van der Waals surface area contributed by atoms with Crippen molar-refractivity contribution in [1.82, 2.24) is 10.6 Å². The number of benzene rings is 1. The molecule has 21 heavy (non-hydrogen) atoms. The maximum absolute atomic E-state index is 11.7. The number of carboxylic acids is 1. The average molecular weight is 359 g/mol. The number of aliphatic carboxylic acids is 1. The van der Waals surface area contributed by atoms with Gasteiger partial charge >= 0.3 is 12.0 Å². The molecule has 116 valence electrons. The summed E-state index contributed by atoms with van der Waals surface area (Å²) in [6.45, 7) is 3.76. The quantitative estimate of drug-likeness (QED) is 0.728. The highest BCUT2D eigenvalue weighted by atomic mass is 79.9. The Morgan fingerprint density at radius 2 is 2.05 bits per heavy atom. The van der Waals surface area contributed by atoms with Crippen molar-refractivity contribution in [1.29, 1.82) is 0 Å². The van der Waals surface area contributed by atoms with E-state index in [1.165, 1.54) is 0 Å². The van der Waals surface area contributed by atoms with Gasteiger partial charge in [-0.2, -0.15) is 0 Å². The van der Waals surface area contributed by atoms with E-state index in [1.54, 1.807) is 27.0 Å². The number of rotatable bonds is 6. The molecule has 0 spiro atoms. The van der Waals surface area contributed by atoms with Gasteiger partial charge in [-0.05, 0) is 39.5 Å². The summed E-state index contributed by atoms with van der Waals surface area (Å²) in [6.07, 6.45) is 0. The topological polar surface area (TPSA) is 87.7 Å². The van der Waals surface area contributed by atoms with Crippen LogP contribution >= 0.6 is 15.9 Å². The second kappa shape index (κ2) is 7.87. The Labute approximate surface area is 132 Å². The van der Waals surface area contributed by atoms with Gasteiger partial charge in [0.25, 0.3) is 0 Å². The number of methoxy groups -OCH3 is 1. The highest BCUT2D eigenvalue weighted by Crippen LogP contribution is 2.25. The first-order valence-corrected chi connectivity index (χ1v) is 7.24. The average Bonchev–Trinajstić information content (AvgIpc) is 2.42. The first-order valence-electron chi connectivity index (χ1n) is 6.44. The highest BCUT2D eigenvalue weighted by molar-refractivity contribution is 9.10. The first kappa shape index (κ1) is 17.3. The molecule has 0 aliphatic heterocycles. The van der Waals surface area contributed by atoms with Gasteiger partial charge in [-0.3, -0.25) is 0 Å². The van der Waals surface area contributed by atoms with E-state index < -0.39 is 18.0 Å². The van der Waals surface area contributed by atoms with E-state index >= 15 is 0 Å². The third kappa shape index (κ3) is 5.26. The summed E-state index contributed by atoms with van der Waals surface area (Å²) in [7, 11) is 1.57. The van der Waals surface area contributed by atoms with E-state index in [4.69, 9.17) is 9.84 Å². The van der Waals surface area contributed by atoms with Crippen LogP contribution in [0.5, 0.6) is 5.75 Å². The van der Waals surface area contributed by atoms with Crippen molar-refractivity contribution in [3.8, 4) is 5.75 Å². The Morgan fingerprint density at radius 1 is 1.38 bits per heavy atom. The van der Waals surface area contributed by atoms with Gasteiger partial charge < -0.3 is 20.5 Å². The Balaban J connectivity index is 2.56. The maximum Gasteiger partial charge on any atom is 0.326 e. The summed E-state index contributed by atoms with van der Waals surface area (Å²) < 4.78 is 5.91. The number of carbonyl (C=O) groups is 2. The number of carboxylic acid groups (broad SMARTS) is 1. The SMILES string of the molecule is COc1ccc(CNC(=O)NC(C(=O)O)C(C)C)cc1Br. The number of carbonyl (C=O) groups excluding carboxylic acids is 1. The number of amides is 2. The van der Waals surface area contributed by atoms with Crippen LogP contribution in [0.1, 0.15) is 19.4 Å². The summed E-state index contributed by atoms with van der Waals surface area (Å²) in [5.74, 6) is -0.537. The van der Waals surface area contributed by atoms with Gasteiger partial charge in [-0.25, -0.2) is 9.59 Å². The van der Waals surface area contributed by atoms with Crippen molar-refractivity contribution in [3.05, 3.63) is 28.2 Å². The zero-order chi connectivity index (χ0) is 16.0. The number of ether oxygens (including phenoxy) is 1. The minimum atomic E-state index is -1.05. The fourth-order valence-electron chi connectivity index (χ4n) is 1.71. The van der Waals surface area contributed by atoms with Crippen molar-refractivity contribution in [2.24, 2.45) is 5.92 Å². The van der Waals surface area contributed by atoms with Gasteiger partial charge in [0.15, 0.2) is 0 Å². The molecule has 6 nitrogen and oxygen atoms in total. The lowest BCUT2D eigenvalue weighted by Gasteiger charge is -2.18. The molecule has 0 saturated carbocycles. The van der Waals surface area contributed by atoms with Gasteiger partial charge in [0.2, 0.25) is 0 Å². The summed E-state index contributed by atoms with van der Waals surface area (Å²) >= 11 is 3.36. The zero-order valence-corrected chi connectivity index (χ0v) is 13.7. The monoisotopic (exact) mass is 358 g/mol. The lowest BCUT2D eigenvalue weighted by Crippen LogP contribution is -2.48. The molecular formula is C14H19BrN2O4. The van der Waals surface area contributed by atoms with Crippen molar-refractivity contribution in [3.63, 3.8) is 0 Å². The lowest BCUT2D eigenvalue weighted by atomic mass is 10.1. The minimum absolute atomic E-state index is 0.191. The Kier molecular flexibility index (Phi) is 6.48. The van der Waals surface area contributed by atoms with Gasteiger partial charge in [0.05, 0.1) is 11.6 Å². The molecule has 3 N–H and O–H groups in total. The molecule has 1 rings (SSSR count). The van der Waals surface area contributed by atoms with E-state index in [0.717, 1.165) is 10.0 Å². The van der Waals surface area contributed by atoms with Crippen molar-refractivity contribution in [2.75, 3.05) is 7.11 Å². The third-order valence-electron chi connectivity index (χ3n) is 2.89. The largest absolute Gasteiger partial charge is 0.496 e. The molecule has 1 aromatic rings. The van der Waals surface area contributed by atoms with Gasteiger partial charge in [0.1, 0.15) is 11.8 Å². The molecule has 1 aromatic carbocycles. The second-order valence-electron chi connectivity index (χ2n) is 4.86. The molecule has 0 aliphatic carbocycles. The summed E-state index contributed by atoms with van der Waals surface area (Å²) in [6, 6.07) is 4.01. The fourth-order valence-corrected chi connectivity index (χ4v) is 2.30. The Bertz CT molecular complexity index is 520. The van der Waals surface area contributed by atoms with E-state index in [-0.39, 0.29) is 5.92 Å². The van der Waals surface area contributed by atoms with Crippen molar-refractivity contribution in [2.45, 2.75) is 26.4 Å². The normalized spacial score (nSPS) is 11.9. The van der Waals surface area contributed by atoms with Gasteiger partial charge in [0, 0.05) is 6.54 Å². The third-order valence-corrected chi connectivity index (χ3v) is 3.51. The molecule has 0 aliphatic rings. The van der Waals surface area contributed by atoms with E-state index in [2.05, 4.69) is 26.6 Å². The molecule has 0 radical (unpaired) electrons.